The van der Waals surface area contributed by atoms with Crippen LogP contribution in [-0.2, 0) is 4.79 Å². The minimum Gasteiger partial charge on any atom is -0.369 e. The van der Waals surface area contributed by atoms with Crippen LogP contribution in [0.25, 0.3) is 0 Å². The number of thioether (sulfide) groups is 1. The summed E-state index contributed by atoms with van der Waals surface area (Å²) in [7, 11) is 0. The van der Waals surface area contributed by atoms with Gasteiger partial charge in [0.2, 0.25) is 5.91 Å². The monoisotopic (exact) mass is 258 g/mol. The zero-order chi connectivity index (χ0) is 10.7. The third-order valence-corrected chi connectivity index (χ3v) is 3.01. The lowest BCUT2D eigenvalue weighted by atomic mass is 10.3. The molecule has 1 aliphatic heterocycles. The summed E-state index contributed by atoms with van der Waals surface area (Å²) in [6.07, 6.45) is 5.02. The van der Waals surface area contributed by atoms with E-state index < -0.39 is 0 Å². The molecule has 1 aliphatic rings. The number of hydrogen-bond donors (Lipinski definition) is 1. The molecule has 0 fully saturated rings. The van der Waals surface area contributed by atoms with E-state index in [0.29, 0.717) is 6.54 Å². The van der Waals surface area contributed by atoms with Gasteiger partial charge in [0.1, 0.15) is 17.4 Å². The molecule has 1 atom stereocenters. The van der Waals surface area contributed by atoms with Crippen LogP contribution in [0.15, 0.2) is 30.2 Å². The molecule has 16 heavy (non-hydrogen) atoms. The number of amides is 1. The van der Waals surface area contributed by atoms with Gasteiger partial charge in [-0.15, -0.1) is 24.2 Å². The van der Waals surface area contributed by atoms with E-state index in [-0.39, 0.29) is 23.6 Å². The fourth-order valence-corrected chi connectivity index (χ4v) is 2.05. The van der Waals surface area contributed by atoms with Crippen LogP contribution in [0.2, 0.25) is 0 Å². The Balaban J connectivity index is 0.00000128. The van der Waals surface area contributed by atoms with Crippen LogP contribution >= 0.6 is 24.2 Å². The molecule has 0 radical (unpaired) electrons. The van der Waals surface area contributed by atoms with Crippen LogP contribution in [0, 0.1) is 0 Å². The average molecular weight is 259 g/mol. The number of nitrogens with zero attached hydrogens (tertiary/aromatic N) is 3. The van der Waals surface area contributed by atoms with Crippen LogP contribution in [0.3, 0.4) is 0 Å². The van der Waals surface area contributed by atoms with Crippen LogP contribution < -0.4 is 10.6 Å². The molecular weight excluding hydrogens is 248 g/mol. The number of carbonyl (C=O) groups excluding carboxylic acids is 1. The Kier molecular flexibility index (Phi) is 4.57. The van der Waals surface area contributed by atoms with Crippen molar-refractivity contribution in [3.05, 3.63) is 30.2 Å². The minimum atomic E-state index is -0.302. The maximum atomic E-state index is 11.0. The van der Waals surface area contributed by atoms with Gasteiger partial charge in [0.25, 0.3) is 0 Å². The maximum Gasteiger partial charge on any atom is 0.232 e. The predicted octanol–water partition coefficient (Wildman–Crippen LogP) is 0.777. The van der Waals surface area contributed by atoms with E-state index in [9.17, 15) is 4.79 Å². The molecule has 0 bridgehead atoms. The van der Waals surface area contributed by atoms with Crippen molar-refractivity contribution >= 4 is 35.9 Å². The summed E-state index contributed by atoms with van der Waals surface area (Å²) in [5, 5.41) is 1.63. The second-order valence-electron chi connectivity index (χ2n) is 3.03. The molecule has 5 nitrogen and oxygen atoms in total. The van der Waals surface area contributed by atoms with Gasteiger partial charge in [-0.2, -0.15) is 0 Å². The Morgan fingerprint density at radius 3 is 3.06 bits per heavy atom. The molecule has 1 aromatic rings. The van der Waals surface area contributed by atoms with Gasteiger partial charge in [0.05, 0.1) is 0 Å². The van der Waals surface area contributed by atoms with Crippen molar-refractivity contribution in [3.63, 3.8) is 0 Å². The smallest absolute Gasteiger partial charge is 0.232 e. The molecule has 1 amide bonds. The summed E-state index contributed by atoms with van der Waals surface area (Å²) in [4.78, 5) is 20.9. The van der Waals surface area contributed by atoms with E-state index >= 15 is 0 Å². The molecule has 0 saturated carbocycles. The summed E-state index contributed by atoms with van der Waals surface area (Å²) in [5.41, 5.74) is 5.25. The standard InChI is InChI=1S/C9H10N4OS.ClH/c10-9(14)7-5-13(3-4-15-7)8-1-2-11-6-12-8;/h1-4,6-7H,5H2,(H2,10,14);1H. The van der Waals surface area contributed by atoms with Crippen molar-refractivity contribution < 1.29 is 4.79 Å². The lowest BCUT2D eigenvalue weighted by Gasteiger charge is -2.26. The highest BCUT2D eigenvalue weighted by atomic mass is 35.5. The van der Waals surface area contributed by atoms with Gasteiger partial charge in [0.15, 0.2) is 0 Å². The Labute approximate surface area is 104 Å². The van der Waals surface area contributed by atoms with E-state index in [1.165, 1.54) is 18.1 Å². The molecule has 2 rings (SSSR count). The van der Waals surface area contributed by atoms with E-state index in [0.717, 1.165) is 5.82 Å². The molecule has 0 saturated heterocycles. The second kappa shape index (κ2) is 5.72. The van der Waals surface area contributed by atoms with Crippen LogP contribution in [0.5, 0.6) is 0 Å². The third kappa shape index (κ3) is 2.86. The lowest BCUT2D eigenvalue weighted by Crippen LogP contribution is -2.38. The van der Waals surface area contributed by atoms with Crippen LogP contribution in [-0.4, -0.2) is 27.7 Å². The summed E-state index contributed by atoms with van der Waals surface area (Å²) >= 11 is 1.43. The Morgan fingerprint density at radius 2 is 2.44 bits per heavy atom. The largest absolute Gasteiger partial charge is 0.369 e. The molecule has 1 unspecified atom stereocenters. The van der Waals surface area contributed by atoms with Gasteiger partial charge >= 0.3 is 0 Å². The van der Waals surface area contributed by atoms with Crippen molar-refractivity contribution in [2.75, 3.05) is 11.4 Å². The molecule has 86 valence electrons. The molecule has 1 aromatic heterocycles. The molecule has 7 heteroatoms. The van der Waals surface area contributed by atoms with E-state index in [4.69, 9.17) is 5.73 Å². The van der Waals surface area contributed by atoms with Crippen molar-refractivity contribution in [3.8, 4) is 0 Å². The highest BCUT2D eigenvalue weighted by molar-refractivity contribution is 8.03. The van der Waals surface area contributed by atoms with Gasteiger partial charge in [-0.25, -0.2) is 9.97 Å². The van der Waals surface area contributed by atoms with Crippen LogP contribution in [0.1, 0.15) is 0 Å². The first kappa shape index (κ1) is 12.8. The average Bonchev–Trinajstić information content (AvgIpc) is 2.30. The minimum absolute atomic E-state index is 0. The normalized spacial score (nSPS) is 19.0. The molecule has 2 heterocycles. The fourth-order valence-electron chi connectivity index (χ4n) is 1.27. The van der Waals surface area contributed by atoms with Crippen molar-refractivity contribution in [1.82, 2.24) is 9.97 Å². The zero-order valence-electron chi connectivity index (χ0n) is 8.31. The summed E-state index contributed by atoms with van der Waals surface area (Å²) in [6, 6.07) is 1.79. The number of rotatable bonds is 2. The lowest BCUT2D eigenvalue weighted by molar-refractivity contribution is -0.117. The SMILES string of the molecule is Cl.NC(=O)C1CN(c2ccncn2)C=CS1. The highest BCUT2D eigenvalue weighted by Crippen LogP contribution is 2.22. The quantitative estimate of drug-likeness (QED) is 0.849. The second-order valence-corrected chi connectivity index (χ2v) is 4.15. The van der Waals surface area contributed by atoms with Crippen molar-refractivity contribution in [2.24, 2.45) is 5.73 Å². The van der Waals surface area contributed by atoms with Crippen molar-refractivity contribution in [1.29, 1.82) is 0 Å². The van der Waals surface area contributed by atoms with Gasteiger partial charge in [-0.3, -0.25) is 4.79 Å². The molecule has 0 aliphatic carbocycles. The Morgan fingerprint density at radius 1 is 1.62 bits per heavy atom. The number of anilines is 1. The summed E-state index contributed by atoms with van der Waals surface area (Å²) < 4.78 is 0. The summed E-state index contributed by atoms with van der Waals surface area (Å²) in [6.45, 7) is 0.549. The van der Waals surface area contributed by atoms with Gasteiger partial charge in [-0.05, 0) is 11.5 Å². The van der Waals surface area contributed by atoms with E-state index in [2.05, 4.69) is 9.97 Å². The van der Waals surface area contributed by atoms with E-state index in [1.54, 1.807) is 12.3 Å². The Hall–Kier alpha value is -1.27. The number of carbonyl (C=O) groups is 1. The maximum absolute atomic E-state index is 11.0. The molecular formula is C9H11ClN4OS. The first-order valence-corrected chi connectivity index (χ1v) is 5.36. The first-order valence-electron chi connectivity index (χ1n) is 4.41. The number of halogens is 1. The van der Waals surface area contributed by atoms with Crippen LogP contribution in [0.4, 0.5) is 5.82 Å². The molecule has 0 aromatic carbocycles. The molecule has 2 N–H and O–H groups in total. The zero-order valence-corrected chi connectivity index (χ0v) is 9.95. The van der Waals surface area contributed by atoms with Gasteiger partial charge in [0, 0.05) is 18.9 Å². The third-order valence-electron chi connectivity index (χ3n) is 2.02. The van der Waals surface area contributed by atoms with Gasteiger partial charge in [-0.1, -0.05) is 0 Å². The topological polar surface area (TPSA) is 72.1 Å². The number of primary amides is 1. The van der Waals surface area contributed by atoms with E-state index in [1.807, 2.05) is 16.5 Å². The number of aromatic nitrogens is 2. The summed E-state index contributed by atoms with van der Waals surface area (Å²) in [5.74, 6) is 0.469. The number of hydrogen-bond acceptors (Lipinski definition) is 5. The predicted molar refractivity (Wildman–Crippen MR) is 66.3 cm³/mol. The highest BCUT2D eigenvalue weighted by Gasteiger charge is 2.21. The Bertz CT molecular complexity index is 386. The molecule has 0 spiro atoms. The van der Waals surface area contributed by atoms with Crippen molar-refractivity contribution in [2.45, 2.75) is 5.25 Å². The first-order chi connectivity index (χ1) is 7.27. The van der Waals surface area contributed by atoms with Gasteiger partial charge < -0.3 is 10.6 Å². The fraction of sp³-hybridized carbons (Fsp3) is 0.222. The number of nitrogens with two attached hydrogens (primary N) is 1.